The summed E-state index contributed by atoms with van der Waals surface area (Å²) >= 11 is 0. The Balaban J connectivity index is 1.61. The van der Waals surface area contributed by atoms with Crippen LogP contribution in [0.2, 0.25) is 0 Å². The predicted molar refractivity (Wildman–Crippen MR) is 129 cm³/mol. The van der Waals surface area contributed by atoms with E-state index in [1.807, 2.05) is 55.1 Å². The first kappa shape index (κ1) is 22.8. The molecule has 1 N–H and O–H groups in total. The number of benzene rings is 1. The SMILES string of the molecule is CC(=O)N1CCCC1c1nc(CN(C)C(=O)c2ccc3[nH]c(C)c(C)c3c2)cc(N(C)C)n1. The highest BCUT2D eigenvalue weighted by molar-refractivity contribution is 5.98. The quantitative estimate of drug-likeness (QED) is 0.645. The fraction of sp³-hybridized carbons (Fsp3) is 0.440. The third-order valence-electron chi connectivity index (χ3n) is 6.50. The van der Waals surface area contributed by atoms with Crippen molar-refractivity contribution in [1.29, 1.82) is 0 Å². The Hall–Kier alpha value is -3.42. The molecule has 1 aliphatic heterocycles. The molecule has 3 heterocycles. The number of anilines is 1. The first-order valence-electron chi connectivity index (χ1n) is 11.3. The van der Waals surface area contributed by atoms with Crippen LogP contribution in [0, 0.1) is 13.8 Å². The van der Waals surface area contributed by atoms with E-state index in [1.165, 1.54) is 0 Å². The molecular weight excluding hydrogens is 416 g/mol. The molecule has 0 saturated carbocycles. The van der Waals surface area contributed by atoms with Crippen LogP contribution < -0.4 is 4.90 Å². The number of carbonyl (C=O) groups excluding carboxylic acids is 2. The lowest BCUT2D eigenvalue weighted by Gasteiger charge is -2.24. The number of amides is 2. The van der Waals surface area contributed by atoms with Gasteiger partial charge in [-0.05, 0) is 50.5 Å². The third kappa shape index (κ3) is 4.42. The second-order valence-corrected chi connectivity index (χ2v) is 9.14. The zero-order chi connectivity index (χ0) is 23.9. The van der Waals surface area contributed by atoms with Gasteiger partial charge in [0.2, 0.25) is 5.91 Å². The zero-order valence-electron chi connectivity index (χ0n) is 20.3. The molecule has 4 rings (SSSR count). The van der Waals surface area contributed by atoms with Crippen LogP contribution >= 0.6 is 0 Å². The number of likely N-dealkylation sites (tertiary alicyclic amines) is 1. The maximum Gasteiger partial charge on any atom is 0.253 e. The van der Waals surface area contributed by atoms with E-state index in [4.69, 9.17) is 9.97 Å². The van der Waals surface area contributed by atoms with Crippen molar-refractivity contribution in [2.45, 2.75) is 46.2 Å². The Kier molecular flexibility index (Phi) is 6.10. The van der Waals surface area contributed by atoms with Gasteiger partial charge < -0.3 is 19.7 Å². The Bertz CT molecular complexity index is 1220. The van der Waals surface area contributed by atoms with Crippen molar-refractivity contribution in [3.05, 3.63) is 52.6 Å². The minimum Gasteiger partial charge on any atom is -0.363 e. The van der Waals surface area contributed by atoms with Crippen molar-refractivity contribution in [3.63, 3.8) is 0 Å². The molecule has 1 atom stereocenters. The Morgan fingerprint density at radius 3 is 2.61 bits per heavy atom. The van der Waals surface area contributed by atoms with Gasteiger partial charge in [-0.3, -0.25) is 9.59 Å². The van der Waals surface area contributed by atoms with Gasteiger partial charge >= 0.3 is 0 Å². The number of nitrogens with zero attached hydrogens (tertiary/aromatic N) is 5. The van der Waals surface area contributed by atoms with Crippen molar-refractivity contribution in [2.75, 3.05) is 32.6 Å². The van der Waals surface area contributed by atoms with E-state index in [2.05, 4.69) is 11.9 Å². The summed E-state index contributed by atoms with van der Waals surface area (Å²) in [5, 5.41) is 1.07. The molecule has 1 unspecified atom stereocenters. The van der Waals surface area contributed by atoms with Gasteiger partial charge in [-0.1, -0.05) is 0 Å². The van der Waals surface area contributed by atoms with E-state index < -0.39 is 0 Å². The highest BCUT2D eigenvalue weighted by Crippen LogP contribution is 2.31. The fourth-order valence-corrected chi connectivity index (χ4v) is 4.50. The van der Waals surface area contributed by atoms with Crippen molar-refractivity contribution >= 4 is 28.5 Å². The second-order valence-electron chi connectivity index (χ2n) is 9.14. The lowest BCUT2D eigenvalue weighted by atomic mass is 10.1. The molecule has 1 aromatic carbocycles. The topological polar surface area (TPSA) is 85.4 Å². The van der Waals surface area contributed by atoms with Crippen LogP contribution in [-0.4, -0.2) is 64.3 Å². The number of aromatic nitrogens is 3. The van der Waals surface area contributed by atoms with Crippen LogP contribution in [0.15, 0.2) is 24.3 Å². The van der Waals surface area contributed by atoms with Crippen molar-refractivity contribution < 1.29 is 9.59 Å². The number of aromatic amines is 1. The van der Waals surface area contributed by atoms with Crippen molar-refractivity contribution in [1.82, 2.24) is 24.8 Å². The van der Waals surface area contributed by atoms with Crippen LogP contribution in [0.4, 0.5) is 5.82 Å². The molecule has 174 valence electrons. The average Bonchev–Trinajstić information content (AvgIpc) is 3.38. The number of aryl methyl sites for hydroxylation is 2. The Morgan fingerprint density at radius 2 is 1.91 bits per heavy atom. The van der Waals surface area contributed by atoms with Gasteiger partial charge in [-0.25, -0.2) is 9.97 Å². The normalized spacial score (nSPS) is 15.8. The molecule has 0 spiro atoms. The molecule has 8 nitrogen and oxygen atoms in total. The van der Waals surface area contributed by atoms with Crippen molar-refractivity contribution in [2.24, 2.45) is 0 Å². The van der Waals surface area contributed by atoms with E-state index in [-0.39, 0.29) is 17.9 Å². The Labute approximate surface area is 194 Å². The van der Waals surface area contributed by atoms with Gasteiger partial charge in [0.05, 0.1) is 18.3 Å². The van der Waals surface area contributed by atoms with Crippen LogP contribution in [0.5, 0.6) is 0 Å². The highest BCUT2D eigenvalue weighted by atomic mass is 16.2. The number of nitrogens with one attached hydrogen (secondary N) is 1. The second kappa shape index (κ2) is 8.84. The molecule has 1 saturated heterocycles. The molecule has 3 aromatic rings. The van der Waals surface area contributed by atoms with Gasteiger partial charge in [0.1, 0.15) is 5.82 Å². The highest BCUT2D eigenvalue weighted by Gasteiger charge is 2.31. The zero-order valence-corrected chi connectivity index (χ0v) is 20.3. The van der Waals surface area contributed by atoms with E-state index in [0.717, 1.165) is 53.1 Å². The first-order valence-corrected chi connectivity index (χ1v) is 11.3. The number of H-pyrrole nitrogens is 1. The summed E-state index contributed by atoms with van der Waals surface area (Å²) in [7, 11) is 5.65. The van der Waals surface area contributed by atoms with Gasteiger partial charge in [0.15, 0.2) is 5.82 Å². The summed E-state index contributed by atoms with van der Waals surface area (Å²) in [5.41, 5.74) is 4.70. The van der Waals surface area contributed by atoms with E-state index in [1.54, 1.807) is 18.9 Å². The monoisotopic (exact) mass is 448 g/mol. The maximum atomic E-state index is 13.2. The number of carbonyl (C=O) groups is 2. The standard InChI is InChI=1S/C25H32N6O2/c1-15-16(2)26-21-10-9-18(12-20(15)21)25(33)30(6)14-19-13-23(29(4)5)28-24(27-19)22-8-7-11-31(22)17(3)32/h9-10,12-13,22,26H,7-8,11,14H2,1-6H3. The molecule has 33 heavy (non-hydrogen) atoms. The van der Waals surface area contributed by atoms with Gasteiger partial charge in [-0.2, -0.15) is 0 Å². The third-order valence-corrected chi connectivity index (χ3v) is 6.50. The minimum atomic E-state index is -0.121. The van der Waals surface area contributed by atoms with Gasteiger partial charge in [0, 0.05) is 62.8 Å². The Morgan fingerprint density at radius 1 is 1.15 bits per heavy atom. The molecule has 0 bridgehead atoms. The molecule has 2 amide bonds. The van der Waals surface area contributed by atoms with E-state index >= 15 is 0 Å². The molecule has 0 aliphatic carbocycles. The maximum absolute atomic E-state index is 13.2. The summed E-state index contributed by atoms with van der Waals surface area (Å²) in [5.74, 6) is 1.39. The smallest absolute Gasteiger partial charge is 0.253 e. The molecule has 1 aliphatic rings. The van der Waals surface area contributed by atoms with E-state index in [0.29, 0.717) is 17.9 Å². The minimum absolute atomic E-state index is 0.0379. The number of rotatable bonds is 5. The molecule has 2 aromatic heterocycles. The average molecular weight is 449 g/mol. The summed E-state index contributed by atoms with van der Waals surface area (Å²) in [4.78, 5) is 43.6. The summed E-state index contributed by atoms with van der Waals surface area (Å²) in [6, 6.07) is 7.55. The molecule has 1 fully saturated rings. The molecule has 8 heteroatoms. The number of hydrogen-bond donors (Lipinski definition) is 1. The molecule has 0 radical (unpaired) electrons. The summed E-state index contributed by atoms with van der Waals surface area (Å²) < 4.78 is 0. The van der Waals surface area contributed by atoms with Crippen LogP contribution in [-0.2, 0) is 11.3 Å². The van der Waals surface area contributed by atoms with Crippen LogP contribution in [0.1, 0.15) is 58.9 Å². The fourth-order valence-electron chi connectivity index (χ4n) is 4.50. The van der Waals surface area contributed by atoms with Gasteiger partial charge in [0.25, 0.3) is 5.91 Å². The summed E-state index contributed by atoms with van der Waals surface area (Å²) in [6.45, 7) is 6.77. The van der Waals surface area contributed by atoms with E-state index in [9.17, 15) is 9.59 Å². The van der Waals surface area contributed by atoms with Crippen LogP contribution in [0.25, 0.3) is 10.9 Å². The van der Waals surface area contributed by atoms with Crippen LogP contribution in [0.3, 0.4) is 0 Å². The predicted octanol–water partition coefficient (Wildman–Crippen LogP) is 3.60. The van der Waals surface area contributed by atoms with Crippen molar-refractivity contribution in [3.8, 4) is 0 Å². The van der Waals surface area contributed by atoms with Gasteiger partial charge in [-0.15, -0.1) is 0 Å². The lowest BCUT2D eigenvalue weighted by Crippen LogP contribution is -2.31. The lowest BCUT2D eigenvalue weighted by molar-refractivity contribution is -0.129. The summed E-state index contributed by atoms with van der Waals surface area (Å²) in [6.07, 6.45) is 1.79. The first-order chi connectivity index (χ1) is 15.7. The molecular formula is C25H32N6O2. The number of fused-ring (bicyclic) bond motifs is 1. The largest absolute Gasteiger partial charge is 0.363 e. The number of hydrogen-bond acceptors (Lipinski definition) is 5.